The molecule has 14 heteroatoms. The number of hydrogen-bond donors (Lipinski definition) is 6. The Morgan fingerprint density at radius 1 is 0.902 bits per heavy atom. The Labute approximate surface area is 243 Å². The third kappa shape index (κ3) is 18.0. The van der Waals surface area contributed by atoms with E-state index >= 15 is 0 Å². The second-order valence-corrected chi connectivity index (χ2v) is 11.6. The van der Waals surface area contributed by atoms with Gasteiger partial charge in [-0.25, -0.2) is 9.36 Å². The van der Waals surface area contributed by atoms with Crippen molar-refractivity contribution in [1.29, 1.82) is 0 Å². The van der Waals surface area contributed by atoms with E-state index in [1.54, 1.807) is 0 Å². The highest BCUT2D eigenvalue weighted by molar-refractivity contribution is 7.46. The fraction of sp³-hybridized carbons (Fsp3) is 0.852. The summed E-state index contributed by atoms with van der Waals surface area (Å²) in [6.07, 6.45) is 17.4. The number of rotatable bonds is 20. The van der Waals surface area contributed by atoms with Gasteiger partial charge in [0, 0.05) is 6.20 Å². The van der Waals surface area contributed by atoms with Crippen molar-refractivity contribution in [3.63, 3.8) is 0 Å². The van der Waals surface area contributed by atoms with Gasteiger partial charge in [-0.05, 0) is 12.5 Å². The van der Waals surface area contributed by atoms with Crippen molar-refractivity contribution in [2.45, 2.75) is 134 Å². The molecule has 0 saturated carbocycles. The molecule has 2 rings (SSSR count). The third-order valence-electron chi connectivity index (χ3n) is 6.90. The predicted octanol–water partition coefficient (Wildman–Crippen LogP) is 2.97. The Bertz CT molecular complexity index is 885. The molecule has 13 nitrogen and oxygen atoms in total. The summed E-state index contributed by atoms with van der Waals surface area (Å²) in [4.78, 5) is 32.1. The summed E-state index contributed by atoms with van der Waals surface area (Å²) < 4.78 is 21.1. The van der Waals surface area contributed by atoms with E-state index in [1.807, 2.05) is 0 Å². The minimum absolute atomic E-state index is 0. The Morgan fingerprint density at radius 3 is 1.76 bits per heavy atom. The van der Waals surface area contributed by atoms with Crippen molar-refractivity contribution in [1.82, 2.24) is 9.55 Å². The second-order valence-electron chi connectivity index (χ2n) is 10.4. The largest absolute Gasteiger partial charge is 0.469 e. The molecule has 0 bridgehead atoms. The molecule has 1 aromatic rings. The summed E-state index contributed by atoms with van der Waals surface area (Å²) in [5, 5.41) is 28.2. The highest BCUT2D eigenvalue weighted by Crippen LogP contribution is 2.35. The zero-order valence-electron chi connectivity index (χ0n) is 24.5. The SMILES string of the molecule is CCCCCCCCCCCCCCCCCCOP(=O)(O)O.Nc1ccn([C@@H]2O[C@H](CO)[C@@H](O)[C@@H]2O)c(=O)n1.O. The molecule has 1 aromatic heterocycles. The van der Waals surface area contributed by atoms with E-state index in [9.17, 15) is 19.6 Å². The number of nitrogens with zero attached hydrogens (tertiary/aromatic N) is 2. The van der Waals surface area contributed by atoms with Gasteiger partial charge >= 0.3 is 13.5 Å². The van der Waals surface area contributed by atoms with Crippen LogP contribution in [0.5, 0.6) is 0 Å². The van der Waals surface area contributed by atoms with Crippen LogP contribution >= 0.6 is 7.82 Å². The minimum atomic E-state index is -4.26. The van der Waals surface area contributed by atoms with E-state index < -0.39 is 44.7 Å². The number of unbranched alkanes of at least 4 members (excludes halogenated alkanes) is 15. The number of phosphoric acid groups is 1. The van der Waals surface area contributed by atoms with Gasteiger partial charge < -0.3 is 41.1 Å². The van der Waals surface area contributed by atoms with Gasteiger partial charge in [0.2, 0.25) is 0 Å². The van der Waals surface area contributed by atoms with Gasteiger partial charge in [-0.1, -0.05) is 103 Å². The summed E-state index contributed by atoms with van der Waals surface area (Å²) in [6.45, 7) is 1.98. The van der Waals surface area contributed by atoms with Crippen molar-refractivity contribution in [3.05, 3.63) is 22.7 Å². The maximum atomic E-state index is 11.5. The summed E-state index contributed by atoms with van der Waals surface area (Å²) >= 11 is 0. The normalized spacial score (nSPS) is 20.3. The Kier molecular flexibility index (Phi) is 22.3. The van der Waals surface area contributed by atoms with Gasteiger partial charge in [0.25, 0.3) is 0 Å². The average Bonchev–Trinajstić information content (AvgIpc) is 3.19. The van der Waals surface area contributed by atoms with Crippen LogP contribution in [0.4, 0.5) is 5.82 Å². The Hall–Kier alpha value is -1.41. The summed E-state index contributed by atoms with van der Waals surface area (Å²) in [5.74, 6) is 0.0537. The monoisotopic (exact) mass is 611 g/mol. The fourth-order valence-corrected chi connectivity index (χ4v) is 4.93. The molecule has 9 N–H and O–H groups in total. The van der Waals surface area contributed by atoms with Crippen molar-refractivity contribution in [2.75, 3.05) is 18.9 Å². The van der Waals surface area contributed by atoms with Crippen LogP contribution in [-0.2, 0) is 13.8 Å². The first-order chi connectivity index (χ1) is 19.1. The Balaban J connectivity index is 0.000000789. The quantitative estimate of drug-likeness (QED) is 0.0927. The first-order valence-corrected chi connectivity index (χ1v) is 16.3. The van der Waals surface area contributed by atoms with Gasteiger partial charge in [-0.2, -0.15) is 4.98 Å². The van der Waals surface area contributed by atoms with Crippen LogP contribution in [0, 0.1) is 0 Å². The van der Waals surface area contributed by atoms with E-state index in [1.165, 1.54) is 95.7 Å². The number of hydrogen-bond acceptors (Lipinski definition) is 9. The van der Waals surface area contributed by atoms with Crippen LogP contribution < -0.4 is 11.4 Å². The minimum Gasteiger partial charge on any atom is -0.412 e. The van der Waals surface area contributed by atoms with Gasteiger partial charge in [-0.3, -0.25) is 9.09 Å². The second kappa shape index (κ2) is 23.1. The lowest BCUT2D eigenvalue weighted by atomic mass is 10.0. The molecule has 1 saturated heterocycles. The molecule has 0 aliphatic carbocycles. The molecule has 4 atom stereocenters. The summed E-state index contributed by atoms with van der Waals surface area (Å²) in [7, 11) is -4.26. The third-order valence-corrected chi connectivity index (χ3v) is 7.42. The zero-order chi connectivity index (χ0) is 29.8. The highest BCUT2D eigenvalue weighted by atomic mass is 31.2. The lowest BCUT2D eigenvalue weighted by Gasteiger charge is -2.16. The molecule has 1 aliphatic rings. The predicted molar refractivity (Wildman–Crippen MR) is 157 cm³/mol. The smallest absolute Gasteiger partial charge is 0.412 e. The van der Waals surface area contributed by atoms with E-state index in [4.69, 9.17) is 25.4 Å². The molecule has 41 heavy (non-hydrogen) atoms. The van der Waals surface area contributed by atoms with Gasteiger partial charge in [-0.15, -0.1) is 0 Å². The first kappa shape index (κ1) is 39.6. The van der Waals surface area contributed by atoms with Crippen LogP contribution in [0.3, 0.4) is 0 Å². The fourth-order valence-electron chi connectivity index (χ4n) is 4.56. The number of aliphatic hydroxyl groups excluding tert-OH is 3. The number of nitrogens with two attached hydrogens (primary N) is 1. The lowest BCUT2D eigenvalue weighted by Crippen LogP contribution is -2.36. The van der Waals surface area contributed by atoms with E-state index in [2.05, 4.69) is 16.4 Å². The molecule has 1 fully saturated rings. The number of phosphoric ester groups is 1. The van der Waals surface area contributed by atoms with Crippen LogP contribution in [0.15, 0.2) is 17.1 Å². The average molecular weight is 612 g/mol. The molecule has 1 aliphatic heterocycles. The number of aliphatic hydroxyl groups is 3. The van der Waals surface area contributed by atoms with E-state index in [0.717, 1.165) is 23.8 Å². The summed E-state index contributed by atoms with van der Waals surface area (Å²) in [5.41, 5.74) is 4.63. The van der Waals surface area contributed by atoms with E-state index in [0.29, 0.717) is 0 Å². The van der Waals surface area contributed by atoms with Gasteiger partial charge in [0.1, 0.15) is 24.1 Å². The molecular weight excluding hydrogens is 557 g/mol. The molecule has 0 spiro atoms. The maximum absolute atomic E-state index is 11.5. The summed E-state index contributed by atoms with van der Waals surface area (Å²) in [6, 6.07) is 1.37. The highest BCUT2D eigenvalue weighted by Gasteiger charge is 2.43. The van der Waals surface area contributed by atoms with Crippen LogP contribution in [-0.4, -0.2) is 71.7 Å². The lowest BCUT2D eigenvalue weighted by molar-refractivity contribution is -0.0549. The molecule has 0 radical (unpaired) electrons. The molecular formula is C27H54N3O10P. The van der Waals surface area contributed by atoms with Gasteiger partial charge in [0.05, 0.1) is 13.2 Å². The first-order valence-electron chi connectivity index (χ1n) is 14.8. The van der Waals surface area contributed by atoms with Crippen LogP contribution in [0.1, 0.15) is 116 Å². The number of ether oxygens (including phenoxy) is 1. The van der Waals surface area contributed by atoms with Crippen molar-refractivity contribution >= 4 is 13.6 Å². The topological polar surface area (TPSA) is 229 Å². The van der Waals surface area contributed by atoms with Gasteiger partial charge in [0.15, 0.2) is 6.23 Å². The molecule has 2 heterocycles. The van der Waals surface area contributed by atoms with Crippen molar-refractivity contribution < 1.29 is 44.4 Å². The molecule has 0 aromatic carbocycles. The van der Waals surface area contributed by atoms with Crippen LogP contribution in [0.2, 0.25) is 0 Å². The van der Waals surface area contributed by atoms with E-state index in [-0.39, 0.29) is 17.9 Å². The van der Waals surface area contributed by atoms with Crippen LogP contribution in [0.25, 0.3) is 0 Å². The Morgan fingerprint density at radius 2 is 1.37 bits per heavy atom. The number of anilines is 1. The van der Waals surface area contributed by atoms with Crippen molar-refractivity contribution in [2.24, 2.45) is 0 Å². The van der Waals surface area contributed by atoms with Crippen molar-refractivity contribution in [3.8, 4) is 0 Å². The number of nitrogen functional groups attached to an aromatic ring is 1. The number of aromatic nitrogens is 2. The molecule has 0 unspecified atom stereocenters. The maximum Gasteiger partial charge on any atom is 0.469 e. The standard InChI is InChI=1S/C18H39O4P.C9H13N3O5.H2O/c1-2-3-4-5-6-7-8-9-10-11-12-13-14-15-16-17-18-22-23(19,20)21;10-5-1-2-12(9(16)11-5)8-7(15)6(14)4(3-13)17-8;/h2-18H2,1H3,(H2,19,20,21);1-2,4,6-8,13-15H,3H2,(H2,10,11,16);1H2/t;4-,6-,7+,8-;/m.1./s1. The molecule has 242 valence electrons. The molecule has 0 amide bonds. The zero-order valence-corrected chi connectivity index (χ0v) is 25.4.